The lowest BCUT2D eigenvalue weighted by molar-refractivity contribution is 0.812. The van der Waals surface area contributed by atoms with Crippen molar-refractivity contribution in [2.24, 2.45) is 0 Å². The van der Waals surface area contributed by atoms with E-state index in [1.807, 2.05) is 0 Å². The van der Waals surface area contributed by atoms with E-state index in [1.54, 1.807) is 5.57 Å². The number of hydrogen-bond donors (Lipinski definition) is 0. The molecule has 0 amide bonds. The molecule has 0 atom stereocenters. The van der Waals surface area contributed by atoms with Gasteiger partial charge in [-0.05, 0) is 55.2 Å². The summed E-state index contributed by atoms with van der Waals surface area (Å²) in [4.78, 5) is 0. The number of rotatable bonds is 9. The molecule has 0 saturated heterocycles. The minimum Gasteiger partial charge on any atom is -0.0888 e. The first kappa shape index (κ1) is 19.4. The smallest absolute Gasteiger partial charge is 0.0650 e. The summed E-state index contributed by atoms with van der Waals surface area (Å²) in [5, 5.41) is 1.38. The topological polar surface area (TPSA) is 0 Å². The van der Waals surface area contributed by atoms with E-state index in [0.29, 0.717) is 0 Å². The van der Waals surface area contributed by atoms with Crippen LogP contribution in [-0.2, 0) is 19.3 Å². The Morgan fingerprint density at radius 2 is 0.815 bits per heavy atom. The van der Waals surface area contributed by atoms with Gasteiger partial charge in [0.25, 0.3) is 0 Å². The van der Waals surface area contributed by atoms with Gasteiger partial charge in [-0.15, -0.1) is 0 Å². The van der Waals surface area contributed by atoms with Crippen LogP contribution in [0.25, 0.3) is 0 Å². The molecule has 0 fully saturated rings. The molecule has 1 heteroatoms. The second-order valence-electron chi connectivity index (χ2n) is 7.04. The number of aryl methyl sites for hydroxylation is 3. The van der Waals surface area contributed by atoms with Gasteiger partial charge in [0.05, 0.1) is 10.2 Å². The molecule has 0 nitrogen and oxygen atoms in total. The highest BCUT2D eigenvalue weighted by Gasteiger charge is 2.06. The molecule has 3 rings (SSSR count). The van der Waals surface area contributed by atoms with E-state index in [4.69, 9.17) is 0 Å². The molecule has 0 N–H and O–H groups in total. The van der Waals surface area contributed by atoms with Crippen molar-refractivity contribution >= 4 is 10.2 Å². The second kappa shape index (κ2) is 10.7. The Morgan fingerprint density at radius 1 is 0.481 bits per heavy atom. The maximum Gasteiger partial charge on any atom is 0.0650 e. The summed E-state index contributed by atoms with van der Waals surface area (Å²) in [6, 6.07) is 32.4. The predicted octanol–water partition coefficient (Wildman–Crippen LogP) is 6.31. The monoisotopic (exact) mass is 367 g/mol. The van der Waals surface area contributed by atoms with E-state index in [9.17, 15) is 0 Å². The van der Waals surface area contributed by atoms with Gasteiger partial charge in [0.2, 0.25) is 0 Å². The Bertz CT molecular complexity index is 774. The molecule has 27 heavy (non-hydrogen) atoms. The number of hydrogen-bond acceptors (Lipinski definition) is 0. The molecular formula is C26H27Si. The highest BCUT2D eigenvalue weighted by Crippen LogP contribution is 2.21. The molecule has 0 spiro atoms. The van der Waals surface area contributed by atoms with Gasteiger partial charge >= 0.3 is 0 Å². The van der Waals surface area contributed by atoms with Crippen LogP contribution in [0.5, 0.6) is 0 Å². The van der Waals surface area contributed by atoms with Crippen LogP contribution < -0.4 is 0 Å². The molecule has 135 valence electrons. The third kappa shape index (κ3) is 6.69. The van der Waals surface area contributed by atoms with Crippen LogP contribution in [0.1, 0.15) is 36.0 Å². The van der Waals surface area contributed by atoms with Crippen molar-refractivity contribution in [1.82, 2.24) is 0 Å². The number of benzene rings is 3. The first-order valence-electron chi connectivity index (χ1n) is 9.85. The van der Waals surface area contributed by atoms with E-state index >= 15 is 0 Å². The summed E-state index contributed by atoms with van der Waals surface area (Å²) >= 11 is 0. The molecule has 0 unspecified atom stereocenters. The zero-order valence-electron chi connectivity index (χ0n) is 15.9. The predicted molar refractivity (Wildman–Crippen MR) is 117 cm³/mol. The molecular weight excluding hydrogens is 340 g/mol. The fourth-order valence-corrected chi connectivity index (χ4v) is 3.77. The first-order chi connectivity index (χ1) is 13.3. The quantitative estimate of drug-likeness (QED) is 0.389. The van der Waals surface area contributed by atoms with Crippen molar-refractivity contribution in [3.63, 3.8) is 0 Å². The molecule has 3 aromatic rings. The first-order valence-corrected chi connectivity index (χ1v) is 10.4. The maximum absolute atomic E-state index is 3.99. The van der Waals surface area contributed by atoms with Crippen LogP contribution in [0.4, 0.5) is 0 Å². The van der Waals surface area contributed by atoms with Crippen molar-refractivity contribution in [3.05, 3.63) is 118 Å². The van der Waals surface area contributed by atoms with Crippen LogP contribution in [-0.4, -0.2) is 10.2 Å². The Balaban J connectivity index is 1.66. The van der Waals surface area contributed by atoms with Gasteiger partial charge in [-0.3, -0.25) is 0 Å². The van der Waals surface area contributed by atoms with Gasteiger partial charge in [0.1, 0.15) is 0 Å². The summed E-state index contributed by atoms with van der Waals surface area (Å²) in [5.41, 5.74) is 5.78. The Hall–Kier alpha value is -2.38. The molecule has 0 aromatic heterocycles. The van der Waals surface area contributed by atoms with Gasteiger partial charge in [0.15, 0.2) is 0 Å². The van der Waals surface area contributed by atoms with Crippen LogP contribution in [0.15, 0.2) is 102 Å². The minimum atomic E-state index is 1.07. The minimum absolute atomic E-state index is 1.07. The molecule has 0 saturated carbocycles. The average molecular weight is 368 g/mol. The molecule has 0 aliphatic carbocycles. The van der Waals surface area contributed by atoms with Gasteiger partial charge < -0.3 is 0 Å². The summed E-state index contributed by atoms with van der Waals surface area (Å²) < 4.78 is 0. The van der Waals surface area contributed by atoms with E-state index in [-0.39, 0.29) is 0 Å². The van der Waals surface area contributed by atoms with Crippen LogP contribution >= 0.6 is 0 Å². The maximum atomic E-state index is 3.99. The summed E-state index contributed by atoms with van der Waals surface area (Å²) in [7, 11) is 3.99. The van der Waals surface area contributed by atoms with Crippen LogP contribution in [0, 0.1) is 0 Å². The lowest BCUT2D eigenvalue weighted by atomic mass is 9.96. The van der Waals surface area contributed by atoms with Crippen molar-refractivity contribution in [1.29, 1.82) is 0 Å². The SMILES string of the molecule is [Si]C(CCc1ccccc1)=C(CCc1ccccc1)CCc1ccccc1. The van der Waals surface area contributed by atoms with Gasteiger partial charge in [0, 0.05) is 0 Å². The standard InChI is InChI=1S/C26H27Si/c27-26(21-18-24-14-8-3-9-15-24)25(19-16-22-10-4-1-5-11-22)20-17-23-12-6-2-7-13-23/h1-15H,16-21H2. The zero-order valence-corrected chi connectivity index (χ0v) is 16.9. The summed E-state index contributed by atoms with van der Waals surface area (Å²) in [6.45, 7) is 0. The normalized spacial score (nSPS) is 10.6. The summed E-state index contributed by atoms with van der Waals surface area (Å²) in [6.07, 6.45) is 6.59. The van der Waals surface area contributed by atoms with Crippen LogP contribution in [0.3, 0.4) is 0 Å². The Kier molecular flexibility index (Phi) is 7.67. The molecule has 0 heterocycles. The van der Waals surface area contributed by atoms with Crippen molar-refractivity contribution in [2.45, 2.75) is 38.5 Å². The molecule has 0 aliphatic rings. The Labute approximate surface area is 167 Å². The van der Waals surface area contributed by atoms with Gasteiger partial charge in [-0.1, -0.05) is 102 Å². The molecule has 0 bridgehead atoms. The highest BCUT2D eigenvalue weighted by atomic mass is 28.1. The third-order valence-corrected chi connectivity index (χ3v) is 5.65. The fourth-order valence-electron chi connectivity index (χ4n) is 3.40. The van der Waals surface area contributed by atoms with Gasteiger partial charge in [-0.25, -0.2) is 0 Å². The fraction of sp³-hybridized carbons (Fsp3) is 0.231. The van der Waals surface area contributed by atoms with Crippen molar-refractivity contribution in [2.75, 3.05) is 0 Å². The van der Waals surface area contributed by atoms with E-state index in [2.05, 4.69) is 101 Å². The van der Waals surface area contributed by atoms with Crippen molar-refractivity contribution in [3.8, 4) is 0 Å². The lowest BCUT2D eigenvalue weighted by Gasteiger charge is -2.14. The summed E-state index contributed by atoms with van der Waals surface area (Å²) in [5.74, 6) is 0. The average Bonchev–Trinajstić information content (AvgIpc) is 2.74. The second-order valence-corrected chi connectivity index (χ2v) is 7.64. The molecule has 0 aliphatic heterocycles. The number of allylic oxidation sites excluding steroid dienone is 2. The van der Waals surface area contributed by atoms with Crippen molar-refractivity contribution < 1.29 is 0 Å². The highest BCUT2D eigenvalue weighted by molar-refractivity contribution is 6.22. The molecule has 3 aromatic carbocycles. The lowest BCUT2D eigenvalue weighted by Crippen LogP contribution is -2.00. The van der Waals surface area contributed by atoms with Crippen LogP contribution in [0.2, 0.25) is 0 Å². The Morgan fingerprint density at radius 3 is 1.19 bits per heavy atom. The third-order valence-electron chi connectivity index (χ3n) is 5.05. The van der Waals surface area contributed by atoms with E-state index in [0.717, 1.165) is 38.5 Å². The zero-order chi connectivity index (χ0) is 18.7. The van der Waals surface area contributed by atoms with E-state index < -0.39 is 0 Å². The van der Waals surface area contributed by atoms with E-state index in [1.165, 1.54) is 21.9 Å². The largest absolute Gasteiger partial charge is 0.0888 e. The van der Waals surface area contributed by atoms with Gasteiger partial charge in [-0.2, -0.15) is 0 Å². The molecule has 3 radical (unpaired) electrons.